The van der Waals surface area contributed by atoms with E-state index in [1.165, 1.54) is 0 Å². The van der Waals surface area contributed by atoms with Crippen LogP contribution in [0.25, 0.3) is 0 Å². The van der Waals surface area contributed by atoms with Gasteiger partial charge in [-0.3, -0.25) is 0 Å². The fourth-order valence-electron chi connectivity index (χ4n) is 1.05. The summed E-state index contributed by atoms with van der Waals surface area (Å²) in [6.45, 7) is 8.88. The van der Waals surface area contributed by atoms with E-state index in [1.807, 2.05) is 7.05 Å². The smallest absolute Gasteiger partial charge is 0.178 e. The zero-order chi connectivity index (χ0) is 13.5. The number of likely N-dealkylation sites (N-methyl/N-ethyl adjacent to an activating group) is 1. The summed E-state index contributed by atoms with van der Waals surface area (Å²) >= 11 is 0. The lowest BCUT2D eigenvalue weighted by Crippen LogP contribution is -2.20. The monoisotopic (exact) mass is 262 g/mol. The van der Waals surface area contributed by atoms with Crippen LogP contribution < -0.4 is 10.6 Å². The molecule has 6 heteroatoms. The molecule has 108 valence electrons. The van der Waals surface area contributed by atoms with E-state index in [9.17, 15) is 0 Å². The maximum atomic E-state index is 5.34. The van der Waals surface area contributed by atoms with Gasteiger partial charge in [0.25, 0.3) is 0 Å². The molecule has 0 aliphatic heterocycles. The summed E-state index contributed by atoms with van der Waals surface area (Å²) in [5.74, 6) is 0.550. The molecule has 0 aromatic rings. The predicted octanol–water partition coefficient (Wildman–Crippen LogP) is -0.0372. The summed E-state index contributed by atoms with van der Waals surface area (Å²) in [6.07, 6.45) is 0. The van der Waals surface area contributed by atoms with Crippen LogP contribution in [0.5, 0.6) is 0 Å². The van der Waals surface area contributed by atoms with Crippen molar-refractivity contribution < 1.29 is 18.9 Å². The van der Waals surface area contributed by atoms with Crippen molar-refractivity contribution >= 4 is 0 Å². The van der Waals surface area contributed by atoms with Crippen molar-refractivity contribution in [3.8, 4) is 0 Å². The lowest BCUT2D eigenvalue weighted by molar-refractivity contribution is 0.0157. The van der Waals surface area contributed by atoms with Gasteiger partial charge in [-0.25, -0.2) is 0 Å². The van der Waals surface area contributed by atoms with E-state index in [-0.39, 0.29) is 0 Å². The van der Waals surface area contributed by atoms with Gasteiger partial charge in [0.2, 0.25) is 0 Å². The molecule has 0 saturated carbocycles. The average Bonchev–Trinajstić information content (AvgIpc) is 2.39. The minimum absolute atomic E-state index is 0.550. The molecule has 0 aliphatic carbocycles. The molecule has 0 bridgehead atoms. The van der Waals surface area contributed by atoms with Gasteiger partial charge in [0.15, 0.2) is 5.88 Å². The third-order valence-electron chi connectivity index (χ3n) is 2.06. The van der Waals surface area contributed by atoms with Gasteiger partial charge < -0.3 is 29.6 Å². The van der Waals surface area contributed by atoms with E-state index in [2.05, 4.69) is 17.2 Å². The summed E-state index contributed by atoms with van der Waals surface area (Å²) in [5.41, 5.74) is 0. The molecule has 0 aromatic carbocycles. The molecule has 0 heterocycles. The molecule has 0 fully saturated rings. The third kappa shape index (κ3) is 13.2. The van der Waals surface area contributed by atoms with Gasteiger partial charge in [-0.15, -0.1) is 0 Å². The van der Waals surface area contributed by atoms with Gasteiger partial charge in [0, 0.05) is 13.1 Å². The summed E-state index contributed by atoms with van der Waals surface area (Å²) < 4.78 is 20.8. The first kappa shape index (κ1) is 17.2. The Bertz CT molecular complexity index is 191. The van der Waals surface area contributed by atoms with E-state index in [0.717, 1.165) is 6.54 Å². The second-order valence-corrected chi connectivity index (χ2v) is 3.49. The molecule has 0 saturated heterocycles. The summed E-state index contributed by atoms with van der Waals surface area (Å²) in [4.78, 5) is 0. The molecular weight excluding hydrogens is 236 g/mol. The molecule has 0 aromatic heterocycles. The van der Waals surface area contributed by atoms with Crippen LogP contribution in [0.4, 0.5) is 0 Å². The van der Waals surface area contributed by atoms with Crippen molar-refractivity contribution in [1.29, 1.82) is 0 Å². The van der Waals surface area contributed by atoms with Gasteiger partial charge in [0.1, 0.15) is 0 Å². The van der Waals surface area contributed by atoms with E-state index >= 15 is 0 Å². The molecule has 0 radical (unpaired) electrons. The van der Waals surface area contributed by atoms with Crippen LogP contribution in [0.3, 0.4) is 0 Å². The van der Waals surface area contributed by atoms with Crippen LogP contribution in [0.1, 0.15) is 0 Å². The van der Waals surface area contributed by atoms with Crippen molar-refractivity contribution in [2.45, 2.75) is 0 Å². The molecule has 18 heavy (non-hydrogen) atoms. The first-order valence-corrected chi connectivity index (χ1v) is 6.16. The Balaban J connectivity index is 2.97. The first-order chi connectivity index (χ1) is 8.81. The van der Waals surface area contributed by atoms with Crippen molar-refractivity contribution in [3.05, 3.63) is 12.5 Å². The number of rotatable bonds is 14. The van der Waals surface area contributed by atoms with Gasteiger partial charge in [-0.2, -0.15) is 0 Å². The Labute approximate surface area is 110 Å². The standard InChI is InChI=1S/C12H26N2O4/c1-12(15-3)14-5-7-17-9-11-18-10-8-16-6-4-13-2/h13-14H,1,4-11H2,2-3H3. The fourth-order valence-corrected chi connectivity index (χ4v) is 1.05. The molecule has 0 spiro atoms. The molecule has 0 unspecified atom stereocenters. The Morgan fingerprint density at radius 1 is 0.889 bits per heavy atom. The molecular formula is C12H26N2O4. The quantitative estimate of drug-likeness (QED) is 0.338. The van der Waals surface area contributed by atoms with E-state index in [0.29, 0.717) is 52.1 Å². The lowest BCUT2D eigenvalue weighted by Gasteiger charge is -2.09. The average molecular weight is 262 g/mol. The SMILES string of the molecule is C=C(NCCOCCOCCOCCNC)OC. The lowest BCUT2D eigenvalue weighted by atomic mass is 10.6. The summed E-state index contributed by atoms with van der Waals surface area (Å²) in [5, 5.41) is 5.96. The van der Waals surface area contributed by atoms with Crippen LogP contribution in [-0.2, 0) is 18.9 Å². The molecule has 0 rings (SSSR count). The molecule has 0 aliphatic rings. The van der Waals surface area contributed by atoms with Gasteiger partial charge in [-0.05, 0) is 13.6 Å². The number of ether oxygens (including phenoxy) is 4. The fraction of sp³-hybridized carbons (Fsp3) is 0.833. The highest BCUT2D eigenvalue weighted by molar-refractivity contribution is 4.76. The summed E-state index contributed by atoms with van der Waals surface area (Å²) in [7, 11) is 3.47. The minimum atomic E-state index is 0.550. The van der Waals surface area contributed by atoms with Crippen LogP contribution in [0.15, 0.2) is 12.5 Å². The maximum absolute atomic E-state index is 5.34. The van der Waals surface area contributed by atoms with Gasteiger partial charge >= 0.3 is 0 Å². The second kappa shape index (κ2) is 14.2. The van der Waals surface area contributed by atoms with E-state index in [4.69, 9.17) is 18.9 Å². The van der Waals surface area contributed by atoms with Crippen LogP contribution >= 0.6 is 0 Å². The summed E-state index contributed by atoms with van der Waals surface area (Å²) in [6, 6.07) is 0. The van der Waals surface area contributed by atoms with Crippen molar-refractivity contribution in [3.63, 3.8) is 0 Å². The van der Waals surface area contributed by atoms with Crippen molar-refractivity contribution in [2.24, 2.45) is 0 Å². The second-order valence-electron chi connectivity index (χ2n) is 3.49. The Morgan fingerprint density at radius 3 is 1.89 bits per heavy atom. The Morgan fingerprint density at radius 2 is 1.39 bits per heavy atom. The zero-order valence-corrected chi connectivity index (χ0v) is 11.5. The van der Waals surface area contributed by atoms with Crippen LogP contribution in [0, 0.1) is 0 Å². The van der Waals surface area contributed by atoms with E-state index in [1.54, 1.807) is 7.11 Å². The normalized spacial score (nSPS) is 10.3. The molecule has 6 nitrogen and oxygen atoms in total. The molecule has 0 amide bonds. The molecule has 2 N–H and O–H groups in total. The van der Waals surface area contributed by atoms with Crippen molar-refractivity contribution in [1.82, 2.24) is 10.6 Å². The topological polar surface area (TPSA) is 61.0 Å². The van der Waals surface area contributed by atoms with E-state index < -0.39 is 0 Å². The maximum Gasteiger partial charge on any atom is 0.178 e. The number of hydrogen-bond donors (Lipinski definition) is 2. The predicted molar refractivity (Wildman–Crippen MR) is 70.5 cm³/mol. The minimum Gasteiger partial charge on any atom is -0.483 e. The highest BCUT2D eigenvalue weighted by Gasteiger charge is 1.92. The van der Waals surface area contributed by atoms with Gasteiger partial charge in [-0.1, -0.05) is 0 Å². The highest BCUT2D eigenvalue weighted by Crippen LogP contribution is 1.83. The molecule has 0 atom stereocenters. The highest BCUT2D eigenvalue weighted by atomic mass is 16.5. The van der Waals surface area contributed by atoms with Crippen LogP contribution in [0.2, 0.25) is 0 Å². The largest absolute Gasteiger partial charge is 0.483 e. The zero-order valence-electron chi connectivity index (χ0n) is 11.5. The number of methoxy groups -OCH3 is 1. The van der Waals surface area contributed by atoms with Crippen LogP contribution in [-0.4, -0.2) is 66.9 Å². The number of nitrogens with one attached hydrogen (secondary N) is 2. The first-order valence-electron chi connectivity index (χ1n) is 6.16. The Kier molecular flexibility index (Phi) is 13.6. The number of hydrogen-bond acceptors (Lipinski definition) is 6. The third-order valence-corrected chi connectivity index (χ3v) is 2.06. The van der Waals surface area contributed by atoms with Crippen molar-refractivity contribution in [2.75, 3.05) is 66.9 Å². The van der Waals surface area contributed by atoms with Gasteiger partial charge in [0.05, 0.1) is 46.8 Å². The Hall–Kier alpha value is -0.820.